The largest absolute Gasteiger partial charge is 0.376 e. The number of carbonyl (C=O) groups excluding carboxylic acids is 1. The lowest BCUT2D eigenvalue weighted by molar-refractivity contribution is -0.115. The highest BCUT2D eigenvalue weighted by molar-refractivity contribution is 8.00. The van der Waals surface area contributed by atoms with E-state index < -0.39 is 5.25 Å². The number of hydrogen-bond donors (Lipinski definition) is 1. The molecule has 1 aliphatic rings. The van der Waals surface area contributed by atoms with Crippen molar-refractivity contribution in [3.63, 3.8) is 0 Å². The molecule has 8 heteroatoms. The third-order valence-corrected chi connectivity index (χ3v) is 6.24. The Balaban J connectivity index is 1.60. The fraction of sp³-hybridized carbons (Fsp3) is 0.304. The Morgan fingerprint density at radius 3 is 2.97 bits per heavy atom. The van der Waals surface area contributed by atoms with E-state index in [1.165, 1.54) is 11.8 Å². The SMILES string of the molecule is CC(Sc1nc2ccccc2c(=O)n1CC1CCCO1)C(=O)Nc1cccc(C#N)c1. The van der Waals surface area contributed by atoms with E-state index in [1.807, 2.05) is 12.1 Å². The third kappa shape index (κ3) is 4.79. The number of carbonyl (C=O) groups is 1. The van der Waals surface area contributed by atoms with Crippen molar-refractivity contribution in [1.82, 2.24) is 9.55 Å². The number of anilines is 1. The van der Waals surface area contributed by atoms with Crippen molar-refractivity contribution in [2.45, 2.75) is 42.8 Å². The van der Waals surface area contributed by atoms with Gasteiger partial charge < -0.3 is 10.1 Å². The van der Waals surface area contributed by atoms with Crippen LogP contribution >= 0.6 is 11.8 Å². The number of nitrogens with one attached hydrogen (secondary N) is 1. The number of aromatic nitrogens is 2. The van der Waals surface area contributed by atoms with Gasteiger partial charge in [-0.1, -0.05) is 30.0 Å². The molecule has 2 aromatic carbocycles. The number of fused-ring (bicyclic) bond motifs is 1. The van der Waals surface area contributed by atoms with Crippen LogP contribution in [0.5, 0.6) is 0 Å². The van der Waals surface area contributed by atoms with Gasteiger partial charge in [0.15, 0.2) is 5.16 Å². The van der Waals surface area contributed by atoms with Crippen molar-refractivity contribution in [1.29, 1.82) is 5.26 Å². The number of para-hydroxylation sites is 1. The highest BCUT2D eigenvalue weighted by Crippen LogP contribution is 2.25. The van der Waals surface area contributed by atoms with Crippen molar-refractivity contribution in [3.8, 4) is 6.07 Å². The molecule has 7 nitrogen and oxygen atoms in total. The van der Waals surface area contributed by atoms with E-state index in [2.05, 4.69) is 16.4 Å². The third-order valence-electron chi connectivity index (χ3n) is 5.15. The second kappa shape index (κ2) is 9.33. The van der Waals surface area contributed by atoms with Crippen LogP contribution in [0, 0.1) is 11.3 Å². The smallest absolute Gasteiger partial charge is 0.262 e. The Kier molecular flexibility index (Phi) is 6.35. The molecule has 2 unspecified atom stereocenters. The maximum absolute atomic E-state index is 13.2. The number of thioether (sulfide) groups is 1. The molecule has 1 amide bonds. The van der Waals surface area contributed by atoms with Gasteiger partial charge in [-0.2, -0.15) is 5.26 Å². The molecule has 0 spiro atoms. The summed E-state index contributed by atoms with van der Waals surface area (Å²) in [7, 11) is 0. The first kappa shape index (κ1) is 21.1. The lowest BCUT2D eigenvalue weighted by Gasteiger charge is -2.18. The normalized spacial score (nSPS) is 16.7. The standard InChI is InChI=1S/C23H22N4O3S/c1-15(21(28)25-17-7-4-6-16(12-17)13-24)31-23-26-20-10-3-2-9-19(20)22(29)27(23)14-18-8-5-11-30-18/h2-4,6-7,9-10,12,15,18H,5,8,11,14H2,1H3,(H,25,28). The Labute approximate surface area is 184 Å². The lowest BCUT2D eigenvalue weighted by atomic mass is 10.2. The fourth-order valence-corrected chi connectivity index (χ4v) is 4.43. The van der Waals surface area contributed by atoms with Crippen LogP contribution in [0.2, 0.25) is 0 Å². The summed E-state index contributed by atoms with van der Waals surface area (Å²) in [6, 6.07) is 16.0. The first-order valence-corrected chi connectivity index (χ1v) is 11.0. The number of nitrogens with zero attached hydrogens (tertiary/aromatic N) is 3. The van der Waals surface area contributed by atoms with Gasteiger partial charge in [-0.3, -0.25) is 14.2 Å². The summed E-state index contributed by atoms with van der Waals surface area (Å²) in [4.78, 5) is 30.6. The number of ether oxygens (including phenoxy) is 1. The molecule has 0 saturated carbocycles. The quantitative estimate of drug-likeness (QED) is 0.471. The van der Waals surface area contributed by atoms with Crippen molar-refractivity contribution in [3.05, 3.63) is 64.4 Å². The zero-order valence-electron chi connectivity index (χ0n) is 17.1. The van der Waals surface area contributed by atoms with Crippen LogP contribution in [-0.4, -0.2) is 33.4 Å². The molecule has 31 heavy (non-hydrogen) atoms. The van der Waals surface area contributed by atoms with E-state index in [9.17, 15) is 9.59 Å². The molecule has 1 fully saturated rings. The first-order valence-electron chi connectivity index (χ1n) is 10.1. The first-order chi connectivity index (χ1) is 15.0. The monoisotopic (exact) mass is 434 g/mol. The second-order valence-corrected chi connectivity index (χ2v) is 8.71. The fourth-order valence-electron chi connectivity index (χ4n) is 3.51. The molecular formula is C23H22N4O3S. The molecule has 4 rings (SSSR count). The van der Waals surface area contributed by atoms with Gasteiger partial charge in [0.05, 0.1) is 40.4 Å². The van der Waals surface area contributed by atoms with Crippen LogP contribution < -0.4 is 10.9 Å². The van der Waals surface area contributed by atoms with Gasteiger partial charge in [-0.05, 0) is 50.1 Å². The topological polar surface area (TPSA) is 97.0 Å². The molecule has 0 aliphatic carbocycles. The molecule has 1 aliphatic heterocycles. The summed E-state index contributed by atoms with van der Waals surface area (Å²) in [6.07, 6.45) is 1.84. The summed E-state index contributed by atoms with van der Waals surface area (Å²) in [5, 5.41) is 12.4. The van der Waals surface area contributed by atoms with Gasteiger partial charge >= 0.3 is 0 Å². The average Bonchev–Trinajstić information content (AvgIpc) is 3.30. The van der Waals surface area contributed by atoms with E-state index in [0.717, 1.165) is 12.8 Å². The lowest BCUT2D eigenvalue weighted by Crippen LogP contribution is -2.30. The minimum Gasteiger partial charge on any atom is -0.376 e. The minimum absolute atomic E-state index is 0.0298. The number of amides is 1. The Morgan fingerprint density at radius 1 is 1.35 bits per heavy atom. The van der Waals surface area contributed by atoms with Gasteiger partial charge in [-0.25, -0.2) is 4.98 Å². The average molecular weight is 435 g/mol. The summed E-state index contributed by atoms with van der Waals surface area (Å²) < 4.78 is 7.36. The van der Waals surface area contributed by atoms with Crippen molar-refractivity contribution < 1.29 is 9.53 Å². The van der Waals surface area contributed by atoms with Gasteiger partial charge in [0.1, 0.15) is 0 Å². The number of nitriles is 1. The molecule has 0 radical (unpaired) electrons. The van der Waals surface area contributed by atoms with Crippen LogP contribution in [-0.2, 0) is 16.1 Å². The molecular weight excluding hydrogens is 412 g/mol. The molecule has 2 heterocycles. The van der Waals surface area contributed by atoms with Crippen molar-refractivity contribution in [2.75, 3.05) is 11.9 Å². The molecule has 2 atom stereocenters. The number of benzene rings is 2. The number of hydrogen-bond acceptors (Lipinski definition) is 6. The van der Waals surface area contributed by atoms with E-state index in [1.54, 1.807) is 47.9 Å². The highest BCUT2D eigenvalue weighted by atomic mass is 32.2. The van der Waals surface area contributed by atoms with Crippen molar-refractivity contribution >= 4 is 34.3 Å². The van der Waals surface area contributed by atoms with Crippen LogP contribution in [0.1, 0.15) is 25.3 Å². The summed E-state index contributed by atoms with van der Waals surface area (Å²) >= 11 is 1.24. The molecule has 158 valence electrons. The van der Waals surface area contributed by atoms with Gasteiger partial charge in [0.25, 0.3) is 5.56 Å². The van der Waals surface area contributed by atoms with Crippen LogP contribution in [0.25, 0.3) is 10.9 Å². The van der Waals surface area contributed by atoms with E-state index in [-0.39, 0.29) is 17.6 Å². The summed E-state index contributed by atoms with van der Waals surface area (Å²) in [5.74, 6) is -0.230. The predicted octanol–water partition coefficient (Wildman–Crippen LogP) is 3.57. The minimum atomic E-state index is -0.505. The van der Waals surface area contributed by atoms with Crippen LogP contribution in [0.4, 0.5) is 5.69 Å². The highest BCUT2D eigenvalue weighted by Gasteiger charge is 2.23. The van der Waals surface area contributed by atoms with Crippen molar-refractivity contribution in [2.24, 2.45) is 0 Å². The maximum Gasteiger partial charge on any atom is 0.262 e. The van der Waals surface area contributed by atoms with E-state index >= 15 is 0 Å². The number of rotatable bonds is 6. The van der Waals surface area contributed by atoms with Gasteiger partial charge in [-0.15, -0.1) is 0 Å². The molecule has 1 aromatic heterocycles. The predicted molar refractivity (Wildman–Crippen MR) is 120 cm³/mol. The summed E-state index contributed by atoms with van der Waals surface area (Å²) in [6.45, 7) is 2.88. The Bertz CT molecular complexity index is 1210. The zero-order chi connectivity index (χ0) is 21.8. The molecule has 1 saturated heterocycles. The van der Waals surface area contributed by atoms with E-state index in [0.29, 0.717) is 40.5 Å². The zero-order valence-corrected chi connectivity index (χ0v) is 17.9. The molecule has 0 bridgehead atoms. The van der Waals surface area contributed by atoms with E-state index in [4.69, 9.17) is 10.00 Å². The van der Waals surface area contributed by atoms with Gasteiger partial charge in [0.2, 0.25) is 5.91 Å². The van der Waals surface area contributed by atoms with Crippen LogP contribution in [0.15, 0.2) is 58.5 Å². The van der Waals surface area contributed by atoms with Gasteiger partial charge in [0, 0.05) is 12.3 Å². The molecule has 1 N–H and O–H groups in total. The summed E-state index contributed by atoms with van der Waals surface area (Å²) in [5.41, 5.74) is 1.50. The Hall–Kier alpha value is -3.15. The molecule has 3 aromatic rings. The second-order valence-electron chi connectivity index (χ2n) is 7.40. The maximum atomic E-state index is 13.2. The van der Waals surface area contributed by atoms with Crippen LogP contribution in [0.3, 0.4) is 0 Å². The Morgan fingerprint density at radius 2 is 2.19 bits per heavy atom.